The number of alkyl halides is 1. The minimum absolute atomic E-state index is 0.313. The molecule has 0 aliphatic heterocycles. The molecule has 0 bridgehead atoms. The van der Waals surface area contributed by atoms with Gasteiger partial charge in [0, 0.05) is 12.6 Å². The van der Waals surface area contributed by atoms with Crippen LogP contribution in [0.4, 0.5) is 4.39 Å². The number of hydrogen-bond acceptors (Lipinski definition) is 1. The highest BCUT2D eigenvalue weighted by Crippen LogP contribution is 2.01. The molecule has 0 aliphatic carbocycles. The molecule has 1 nitrogen and oxygen atoms in total. The molecule has 2 heteroatoms. The first-order chi connectivity index (χ1) is 5.26. The van der Waals surface area contributed by atoms with Crippen LogP contribution < -0.4 is 0 Å². The van der Waals surface area contributed by atoms with Gasteiger partial charge in [0.2, 0.25) is 0 Å². The summed E-state index contributed by atoms with van der Waals surface area (Å²) >= 11 is 0. The first kappa shape index (κ1) is 10.4. The Hall–Kier alpha value is -0.550. The molecule has 0 rings (SSSR count). The van der Waals surface area contributed by atoms with Crippen molar-refractivity contribution >= 4 is 0 Å². The average Bonchev–Trinajstić information content (AvgIpc) is 2.03. The molecule has 0 saturated carbocycles. The van der Waals surface area contributed by atoms with E-state index in [-0.39, 0.29) is 6.67 Å². The van der Waals surface area contributed by atoms with Gasteiger partial charge < -0.3 is 0 Å². The number of nitrogens with zero attached hydrogens (tertiary/aromatic N) is 1. The van der Waals surface area contributed by atoms with E-state index in [1.165, 1.54) is 0 Å². The van der Waals surface area contributed by atoms with E-state index in [4.69, 9.17) is 6.42 Å². The summed E-state index contributed by atoms with van der Waals surface area (Å²) in [5.41, 5.74) is 0. The highest BCUT2D eigenvalue weighted by molar-refractivity contribution is 4.89. The lowest BCUT2D eigenvalue weighted by Crippen LogP contribution is -2.34. The van der Waals surface area contributed by atoms with Crippen LogP contribution in [0.3, 0.4) is 0 Å². The quantitative estimate of drug-likeness (QED) is 0.549. The zero-order chi connectivity index (χ0) is 8.69. The molecule has 0 N–H and O–H groups in total. The van der Waals surface area contributed by atoms with Gasteiger partial charge in [-0.3, -0.25) is 4.90 Å². The van der Waals surface area contributed by atoms with Crippen LogP contribution in [0.2, 0.25) is 0 Å². The van der Waals surface area contributed by atoms with E-state index in [1.54, 1.807) is 0 Å². The summed E-state index contributed by atoms with van der Waals surface area (Å²) in [6, 6.07) is 0.391. The second-order valence-corrected chi connectivity index (χ2v) is 2.62. The molecule has 0 spiro atoms. The van der Waals surface area contributed by atoms with Crippen molar-refractivity contribution in [3.05, 3.63) is 0 Å². The van der Waals surface area contributed by atoms with Crippen LogP contribution in [0.1, 0.15) is 20.3 Å². The number of halogens is 1. The molecule has 0 aliphatic rings. The van der Waals surface area contributed by atoms with Crippen molar-refractivity contribution in [3.63, 3.8) is 0 Å². The third-order valence-electron chi connectivity index (χ3n) is 1.88. The first-order valence-electron chi connectivity index (χ1n) is 3.99. The molecule has 0 aromatic heterocycles. The molecule has 0 aromatic carbocycles. The molecule has 0 saturated heterocycles. The molecule has 0 fully saturated rings. The Morgan fingerprint density at radius 1 is 1.64 bits per heavy atom. The van der Waals surface area contributed by atoms with Gasteiger partial charge in [-0.1, -0.05) is 12.8 Å². The van der Waals surface area contributed by atoms with E-state index < -0.39 is 0 Å². The minimum Gasteiger partial charge on any atom is -0.287 e. The summed E-state index contributed by atoms with van der Waals surface area (Å²) in [6.45, 7) is 4.84. The van der Waals surface area contributed by atoms with E-state index >= 15 is 0 Å². The summed E-state index contributed by atoms with van der Waals surface area (Å²) < 4.78 is 12.0. The molecule has 0 heterocycles. The van der Waals surface area contributed by atoms with E-state index in [2.05, 4.69) is 19.8 Å². The minimum atomic E-state index is -0.313. The Bertz CT molecular complexity index is 128. The van der Waals surface area contributed by atoms with Gasteiger partial charge in [0.1, 0.15) is 6.67 Å². The zero-order valence-electron chi connectivity index (χ0n) is 7.31. The summed E-state index contributed by atoms with van der Waals surface area (Å²) in [5.74, 6) is 2.53. The topological polar surface area (TPSA) is 3.24 Å². The molecule has 0 aromatic rings. The predicted octanol–water partition coefficient (Wildman–Crippen LogP) is 1.69. The van der Waals surface area contributed by atoms with Gasteiger partial charge in [-0.05, 0) is 13.3 Å². The number of terminal acetylenes is 1. The van der Waals surface area contributed by atoms with Crippen molar-refractivity contribution in [1.82, 2.24) is 4.90 Å². The second-order valence-electron chi connectivity index (χ2n) is 2.62. The molecule has 64 valence electrons. The van der Waals surface area contributed by atoms with Gasteiger partial charge in [0.15, 0.2) is 0 Å². The summed E-state index contributed by atoms with van der Waals surface area (Å²) in [5, 5.41) is 0. The van der Waals surface area contributed by atoms with Crippen molar-refractivity contribution in [2.75, 3.05) is 19.8 Å². The maximum Gasteiger partial charge on any atom is 0.102 e. The average molecular weight is 157 g/mol. The first-order valence-corrected chi connectivity index (χ1v) is 3.99. The van der Waals surface area contributed by atoms with Gasteiger partial charge in [-0.25, -0.2) is 4.39 Å². The van der Waals surface area contributed by atoms with Crippen LogP contribution in [0.5, 0.6) is 0 Å². The maximum absolute atomic E-state index is 12.0. The largest absolute Gasteiger partial charge is 0.287 e. The lowest BCUT2D eigenvalue weighted by molar-refractivity contribution is 0.210. The van der Waals surface area contributed by atoms with Gasteiger partial charge in [-0.15, -0.1) is 6.42 Å². The molecular weight excluding hydrogens is 141 g/mol. The van der Waals surface area contributed by atoms with Gasteiger partial charge >= 0.3 is 0 Å². The summed E-state index contributed by atoms with van der Waals surface area (Å²) in [4.78, 5) is 1.97. The molecule has 1 atom stereocenters. The Morgan fingerprint density at radius 3 is 2.64 bits per heavy atom. The van der Waals surface area contributed by atoms with Crippen LogP contribution in [0, 0.1) is 12.3 Å². The summed E-state index contributed by atoms with van der Waals surface area (Å²) in [6.07, 6.45) is 6.15. The van der Waals surface area contributed by atoms with Crippen molar-refractivity contribution in [2.45, 2.75) is 26.3 Å². The fraction of sp³-hybridized carbons (Fsp3) is 0.778. The lowest BCUT2D eigenvalue weighted by Gasteiger charge is -2.24. The Labute approximate surface area is 68.6 Å². The summed E-state index contributed by atoms with van der Waals surface area (Å²) in [7, 11) is 0. The van der Waals surface area contributed by atoms with E-state index in [9.17, 15) is 4.39 Å². The third kappa shape index (κ3) is 4.00. The molecule has 1 unspecified atom stereocenters. The Morgan fingerprint density at radius 2 is 2.27 bits per heavy atom. The van der Waals surface area contributed by atoms with Crippen LogP contribution in [-0.2, 0) is 0 Å². The number of hydrogen-bond donors (Lipinski definition) is 0. The highest BCUT2D eigenvalue weighted by atomic mass is 19.1. The Kier molecular flexibility index (Phi) is 5.87. The normalized spacial score (nSPS) is 13.0. The highest BCUT2D eigenvalue weighted by Gasteiger charge is 2.09. The second kappa shape index (κ2) is 6.18. The fourth-order valence-corrected chi connectivity index (χ4v) is 0.939. The molecule has 11 heavy (non-hydrogen) atoms. The van der Waals surface area contributed by atoms with Gasteiger partial charge in [0.25, 0.3) is 0 Å². The van der Waals surface area contributed by atoms with Crippen LogP contribution in [0.25, 0.3) is 0 Å². The molecule has 0 radical (unpaired) electrons. The van der Waals surface area contributed by atoms with E-state index in [0.29, 0.717) is 19.1 Å². The monoisotopic (exact) mass is 157 g/mol. The third-order valence-corrected chi connectivity index (χ3v) is 1.88. The molecule has 0 amide bonds. The van der Waals surface area contributed by atoms with Crippen LogP contribution in [0.15, 0.2) is 0 Å². The lowest BCUT2D eigenvalue weighted by atomic mass is 10.2. The fourth-order valence-electron chi connectivity index (χ4n) is 0.939. The van der Waals surface area contributed by atoms with E-state index in [0.717, 1.165) is 6.42 Å². The van der Waals surface area contributed by atoms with Gasteiger partial charge in [0.05, 0.1) is 6.54 Å². The molecular formula is C9H16FN. The van der Waals surface area contributed by atoms with Crippen molar-refractivity contribution < 1.29 is 4.39 Å². The van der Waals surface area contributed by atoms with Crippen molar-refractivity contribution in [3.8, 4) is 12.3 Å². The zero-order valence-corrected chi connectivity index (χ0v) is 7.31. The van der Waals surface area contributed by atoms with Crippen molar-refractivity contribution in [1.29, 1.82) is 0 Å². The maximum atomic E-state index is 12.0. The number of rotatable bonds is 5. The standard InChI is InChI=1S/C9H16FN/c1-4-7-11(8-6-10)9(3)5-2/h1,9H,5-8H2,2-3H3. The van der Waals surface area contributed by atoms with Crippen LogP contribution in [-0.4, -0.2) is 30.7 Å². The van der Waals surface area contributed by atoms with E-state index in [1.807, 2.05) is 4.90 Å². The SMILES string of the molecule is C#CCN(CCF)C(C)CC. The van der Waals surface area contributed by atoms with Gasteiger partial charge in [-0.2, -0.15) is 0 Å². The Balaban J connectivity index is 3.78. The smallest absolute Gasteiger partial charge is 0.102 e. The van der Waals surface area contributed by atoms with Crippen molar-refractivity contribution in [2.24, 2.45) is 0 Å². The predicted molar refractivity (Wildman–Crippen MR) is 46.1 cm³/mol. The van der Waals surface area contributed by atoms with Crippen LogP contribution >= 0.6 is 0 Å².